The van der Waals surface area contributed by atoms with Crippen LogP contribution in [0.4, 0.5) is 0 Å². The molecule has 0 amide bonds. The fourth-order valence-corrected chi connectivity index (χ4v) is 2.53. The number of ether oxygens (including phenoxy) is 2. The van der Waals surface area contributed by atoms with Crippen LogP contribution in [0.1, 0.15) is 65.2 Å². The van der Waals surface area contributed by atoms with Crippen LogP contribution >= 0.6 is 0 Å². The molecule has 0 bridgehead atoms. The number of hydrogen-bond acceptors (Lipinski definition) is 3. The van der Waals surface area contributed by atoms with Crippen LogP contribution in [0.15, 0.2) is 12.2 Å². The van der Waals surface area contributed by atoms with Crippen LogP contribution in [-0.4, -0.2) is 32.7 Å². The van der Waals surface area contributed by atoms with Gasteiger partial charge >= 0.3 is 0 Å². The summed E-state index contributed by atoms with van der Waals surface area (Å²) < 4.78 is 11.1. The minimum Gasteiger partial charge on any atom is -0.384 e. The maximum atomic E-state index is 11.8. The number of carbonyl (C=O) groups excluding carboxylic acids is 1. The van der Waals surface area contributed by atoms with E-state index in [4.69, 9.17) is 15.9 Å². The van der Waals surface area contributed by atoms with Crippen molar-refractivity contribution in [1.29, 1.82) is 0 Å². The van der Waals surface area contributed by atoms with Gasteiger partial charge in [-0.25, -0.2) is 0 Å². The number of Topliss-reactive ketones (excluding diaryl/α,β-unsaturated/α-hetero) is 1. The number of methoxy groups -OCH3 is 1. The molecule has 0 aromatic carbocycles. The van der Waals surface area contributed by atoms with Crippen LogP contribution in [0.2, 0.25) is 0 Å². The molecule has 0 aliphatic rings. The minimum absolute atomic E-state index is 0.00167. The highest BCUT2D eigenvalue weighted by atomic mass is 16.5. The molecule has 0 fully saturated rings. The van der Waals surface area contributed by atoms with Gasteiger partial charge in [0.15, 0.2) is 0 Å². The lowest BCUT2D eigenvalue weighted by Gasteiger charge is -2.28. The summed E-state index contributed by atoms with van der Waals surface area (Å²) in [5.74, 6) is 2.96. The number of rotatable bonds is 15. The summed E-state index contributed by atoms with van der Waals surface area (Å²) >= 11 is 0. The van der Waals surface area contributed by atoms with Gasteiger partial charge in [0.1, 0.15) is 5.78 Å². The second kappa shape index (κ2) is 14.5. The maximum absolute atomic E-state index is 11.8. The fourth-order valence-electron chi connectivity index (χ4n) is 2.53. The van der Waals surface area contributed by atoms with Crippen LogP contribution in [-0.2, 0) is 14.3 Å². The predicted molar refractivity (Wildman–Crippen MR) is 96.4 cm³/mol. The molecule has 23 heavy (non-hydrogen) atoms. The molecule has 3 heteroatoms. The van der Waals surface area contributed by atoms with E-state index >= 15 is 0 Å². The van der Waals surface area contributed by atoms with E-state index < -0.39 is 0 Å². The molecule has 0 aliphatic heterocycles. The van der Waals surface area contributed by atoms with Gasteiger partial charge in [0.25, 0.3) is 0 Å². The zero-order valence-corrected chi connectivity index (χ0v) is 15.2. The molecule has 0 aliphatic carbocycles. The van der Waals surface area contributed by atoms with Gasteiger partial charge in [-0.3, -0.25) is 4.79 Å². The van der Waals surface area contributed by atoms with Gasteiger partial charge in [-0.15, -0.1) is 12.3 Å². The molecule has 132 valence electrons. The number of terminal acetylenes is 1. The first-order valence-electron chi connectivity index (χ1n) is 8.71. The average molecular weight is 322 g/mol. The topological polar surface area (TPSA) is 35.5 Å². The molecule has 0 N–H and O–H groups in total. The van der Waals surface area contributed by atoms with Crippen molar-refractivity contribution in [3.05, 3.63) is 12.2 Å². The quantitative estimate of drug-likeness (QED) is 0.252. The van der Waals surface area contributed by atoms with E-state index in [0.717, 1.165) is 38.5 Å². The molecule has 1 atom stereocenters. The molecule has 0 saturated carbocycles. The van der Waals surface area contributed by atoms with Crippen LogP contribution < -0.4 is 0 Å². The van der Waals surface area contributed by atoms with Crippen LogP contribution in [0.3, 0.4) is 0 Å². The van der Waals surface area contributed by atoms with Gasteiger partial charge in [-0.2, -0.15) is 0 Å². The van der Waals surface area contributed by atoms with E-state index in [1.54, 1.807) is 7.11 Å². The number of unbranched alkanes of at least 4 members (excludes halogenated alkanes) is 3. The average Bonchev–Trinajstić information content (AvgIpc) is 2.53. The predicted octanol–water partition coefficient (Wildman–Crippen LogP) is 4.55. The van der Waals surface area contributed by atoms with E-state index in [9.17, 15) is 4.79 Å². The first-order valence-corrected chi connectivity index (χ1v) is 8.71. The molecule has 1 unspecified atom stereocenters. The summed E-state index contributed by atoms with van der Waals surface area (Å²) in [7, 11) is 1.72. The monoisotopic (exact) mass is 322 g/mol. The van der Waals surface area contributed by atoms with Crippen LogP contribution in [0.5, 0.6) is 0 Å². The smallest absolute Gasteiger partial charge is 0.135 e. The second-order valence-electron chi connectivity index (χ2n) is 6.46. The van der Waals surface area contributed by atoms with E-state index in [1.165, 1.54) is 0 Å². The Labute approximate surface area is 142 Å². The Morgan fingerprint density at radius 3 is 2.65 bits per heavy atom. The van der Waals surface area contributed by atoms with Crippen molar-refractivity contribution >= 4 is 5.78 Å². The lowest BCUT2D eigenvalue weighted by atomic mass is 9.86. The Morgan fingerprint density at radius 1 is 1.22 bits per heavy atom. The summed E-state index contributed by atoms with van der Waals surface area (Å²) in [4.78, 5) is 11.8. The highest BCUT2D eigenvalue weighted by Crippen LogP contribution is 2.25. The Hall–Kier alpha value is -1.11. The zero-order chi connectivity index (χ0) is 17.4. The SMILES string of the molecule is C#CCCCCC(C)(COC)COCCC(=O)CCC/C=C\C. The standard InChI is InChI=1S/C20H34O3/c1-5-7-9-11-13-19(21)14-16-23-18-20(3,17-22-4)15-12-10-8-6-2/h2,5,7H,8-18H2,1,3-4H3/b7-5-. The van der Waals surface area contributed by atoms with E-state index in [-0.39, 0.29) is 11.2 Å². The third-order valence-corrected chi connectivity index (χ3v) is 3.88. The first kappa shape index (κ1) is 21.9. The van der Waals surface area contributed by atoms with Gasteiger partial charge in [-0.05, 0) is 32.6 Å². The summed E-state index contributed by atoms with van der Waals surface area (Å²) in [6.45, 7) is 5.97. The summed E-state index contributed by atoms with van der Waals surface area (Å²) in [5, 5.41) is 0. The molecule has 3 nitrogen and oxygen atoms in total. The molecule has 0 radical (unpaired) electrons. The molecule has 0 saturated heterocycles. The second-order valence-corrected chi connectivity index (χ2v) is 6.46. The highest BCUT2D eigenvalue weighted by Gasteiger charge is 2.24. The number of carbonyl (C=O) groups is 1. The lowest BCUT2D eigenvalue weighted by Crippen LogP contribution is -2.29. The number of ketones is 1. The van der Waals surface area contributed by atoms with Crippen molar-refractivity contribution < 1.29 is 14.3 Å². The summed E-state index contributed by atoms with van der Waals surface area (Å²) in [6.07, 6.45) is 16.4. The molecule has 0 aromatic rings. The molecule has 0 rings (SSSR count). The zero-order valence-electron chi connectivity index (χ0n) is 15.2. The van der Waals surface area contributed by atoms with Crippen LogP contribution in [0, 0.1) is 17.8 Å². The van der Waals surface area contributed by atoms with Crippen molar-refractivity contribution in [1.82, 2.24) is 0 Å². The Balaban J connectivity index is 3.89. The fraction of sp³-hybridized carbons (Fsp3) is 0.750. The van der Waals surface area contributed by atoms with E-state index in [1.807, 2.05) is 13.0 Å². The largest absolute Gasteiger partial charge is 0.384 e. The first-order chi connectivity index (χ1) is 11.1. The molecular weight excluding hydrogens is 288 g/mol. The van der Waals surface area contributed by atoms with Crippen molar-refractivity contribution in [2.75, 3.05) is 26.9 Å². The summed E-state index contributed by atoms with van der Waals surface area (Å²) in [5.41, 5.74) is -0.00167. The van der Waals surface area contributed by atoms with Gasteiger partial charge in [-0.1, -0.05) is 25.5 Å². The van der Waals surface area contributed by atoms with Crippen molar-refractivity contribution in [3.63, 3.8) is 0 Å². The van der Waals surface area contributed by atoms with Crippen molar-refractivity contribution in [2.45, 2.75) is 65.2 Å². The third kappa shape index (κ3) is 13.1. The van der Waals surface area contributed by atoms with E-state index in [2.05, 4.69) is 18.9 Å². The molecule has 0 spiro atoms. The van der Waals surface area contributed by atoms with Gasteiger partial charge in [0.05, 0.1) is 19.8 Å². The number of allylic oxidation sites excluding steroid dienone is 2. The van der Waals surface area contributed by atoms with E-state index in [0.29, 0.717) is 32.7 Å². The molecule has 0 aromatic heterocycles. The molecular formula is C20H34O3. The Bertz CT molecular complexity index is 368. The van der Waals surface area contributed by atoms with Crippen LogP contribution in [0.25, 0.3) is 0 Å². The highest BCUT2D eigenvalue weighted by molar-refractivity contribution is 5.78. The lowest BCUT2D eigenvalue weighted by molar-refractivity contribution is -0.120. The normalized spacial score (nSPS) is 13.8. The Morgan fingerprint density at radius 2 is 2.00 bits per heavy atom. The molecule has 0 heterocycles. The van der Waals surface area contributed by atoms with Gasteiger partial charge in [0, 0.05) is 31.8 Å². The summed E-state index contributed by atoms with van der Waals surface area (Å²) in [6, 6.07) is 0. The number of hydrogen-bond donors (Lipinski definition) is 0. The maximum Gasteiger partial charge on any atom is 0.135 e. The Kier molecular flexibility index (Phi) is 13.8. The minimum atomic E-state index is -0.00167. The van der Waals surface area contributed by atoms with Crippen molar-refractivity contribution in [2.24, 2.45) is 5.41 Å². The van der Waals surface area contributed by atoms with Crippen molar-refractivity contribution in [3.8, 4) is 12.3 Å². The third-order valence-electron chi connectivity index (χ3n) is 3.88. The van der Waals surface area contributed by atoms with Gasteiger partial charge < -0.3 is 9.47 Å². The van der Waals surface area contributed by atoms with Gasteiger partial charge in [0.2, 0.25) is 0 Å².